The van der Waals surface area contributed by atoms with Crippen molar-refractivity contribution in [2.75, 3.05) is 27.2 Å². The summed E-state index contributed by atoms with van der Waals surface area (Å²) in [4.78, 5) is 2.28. The molecular formula is C17H23FN4. The lowest BCUT2D eigenvalue weighted by molar-refractivity contribution is 0.328. The predicted molar refractivity (Wildman–Crippen MR) is 86.2 cm³/mol. The number of benzene rings is 1. The number of hydrogen-bond donors (Lipinski definition) is 1. The summed E-state index contributed by atoms with van der Waals surface area (Å²) in [5.41, 5.74) is 3.39. The van der Waals surface area contributed by atoms with Crippen molar-refractivity contribution < 1.29 is 4.39 Å². The molecule has 0 atom stereocenters. The van der Waals surface area contributed by atoms with Crippen LogP contribution in [0.3, 0.4) is 0 Å². The Kier molecular flexibility index (Phi) is 4.55. The SMILES string of the molecule is CNCCN(C)Cc1cnn(C2CC2)c1-c1ccc(F)cc1. The van der Waals surface area contributed by atoms with Crippen molar-refractivity contribution in [3.05, 3.63) is 41.8 Å². The highest BCUT2D eigenvalue weighted by molar-refractivity contribution is 5.63. The number of nitrogens with zero attached hydrogens (tertiary/aromatic N) is 3. The van der Waals surface area contributed by atoms with Gasteiger partial charge in [0.1, 0.15) is 5.82 Å². The average molecular weight is 302 g/mol. The van der Waals surface area contributed by atoms with E-state index in [9.17, 15) is 4.39 Å². The van der Waals surface area contributed by atoms with Gasteiger partial charge in [0.15, 0.2) is 0 Å². The van der Waals surface area contributed by atoms with E-state index in [0.29, 0.717) is 6.04 Å². The van der Waals surface area contributed by atoms with Crippen LogP contribution in [-0.4, -0.2) is 41.9 Å². The fraction of sp³-hybridized carbons (Fsp3) is 0.471. The average Bonchev–Trinajstić information content (AvgIpc) is 3.28. The summed E-state index contributed by atoms with van der Waals surface area (Å²) in [7, 11) is 4.07. The van der Waals surface area contributed by atoms with Crippen molar-refractivity contribution in [2.24, 2.45) is 0 Å². The zero-order valence-electron chi connectivity index (χ0n) is 13.2. The van der Waals surface area contributed by atoms with Crippen molar-refractivity contribution >= 4 is 0 Å². The minimum absolute atomic E-state index is 0.200. The highest BCUT2D eigenvalue weighted by Crippen LogP contribution is 2.39. The minimum Gasteiger partial charge on any atom is -0.318 e. The molecule has 0 saturated heterocycles. The Labute approximate surface area is 130 Å². The molecule has 4 nitrogen and oxygen atoms in total. The second kappa shape index (κ2) is 6.58. The lowest BCUT2D eigenvalue weighted by Gasteiger charge is -2.17. The van der Waals surface area contributed by atoms with Crippen molar-refractivity contribution in [3.63, 3.8) is 0 Å². The standard InChI is InChI=1S/C17H23FN4/c1-19-9-10-21(2)12-14-11-20-22(16-7-8-16)17(14)13-3-5-15(18)6-4-13/h3-6,11,16,19H,7-10,12H2,1-2H3. The van der Waals surface area contributed by atoms with Gasteiger partial charge in [-0.3, -0.25) is 4.68 Å². The van der Waals surface area contributed by atoms with E-state index in [4.69, 9.17) is 0 Å². The Morgan fingerprint density at radius 2 is 2.05 bits per heavy atom. The first-order valence-electron chi connectivity index (χ1n) is 7.84. The summed E-state index contributed by atoms with van der Waals surface area (Å²) in [5.74, 6) is -0.200. The molecule has 2 aromatic rings. The Hall–Kier alpha value is -1.72. The maximum atomic E-state index is 13.2. The van der Waals surface area contributed by atoms with Gasteiger partial charge in [-0.1, -0.05) is 0 Å². The third-order valence-electron chi connectivity index (χ3n) is 4.07. The van der Waals surface area contributed by atoms with Crippen LogP contribution in [0, 0.1) is 5.82 Å². The third kappa shape index (κ3) is 3.36. The van der Waals surface area contributed by atoms with Gasteiger partial charge < -0.3 is 10.2 Å². The van der Waals surface area contributed by atoms with Gasteiger partial charge in [-0.05, 0) is 51.2 Å². The molecule has 3 rings (SSSR count). The fourth-order valence-corrected chi connectivity index (χ4v) is 2.71. The third-order valence-corrected chi connectivity index (χ3v) is 4.07. The summed E-state index contributed by atoms with van der Waals surface area (Å²) in [6.45, 7) is 2.79. The molecule has 0 spiro atoms. The fourth-order valence-electron chi connectivity index (χ4n) is 2.71. The second-order valence-corrected chi connectivity index (χ2v) is 6.04. The first-order valence-corrected chi connectivity index (χ1v) is 7.84. The van der Waals surface area contributed by atoms with E-state index >= 15 is 0 Å². The molecule has 1 aliphatic rings. The summed E-state index contributed by atoms with van der Waals surface area (Å²) < 4.78 is 15.3. The van der Waals surface area contributed by atoms with Crippen LogP contribution < -0.4 is 5.32 Å². The van der Waals surface area contributed by atoms with Gasteiger partial charge in [-0.2, -0.15) is 5.10 Å². The van der Waals surface area contributed by atoms with Crippen molar-refractivity contribution in [2.45, 2.75) is 25.4 Å². The Morgan fingerprint density at radius 3 is 2.68 bits per heavy atom. The Bertz CT molecular complexity index is 616. The zero-order chi connectivity index (χ0) is 15.5. The smallest absolute Gasteiger partial charge is 0.123 e. The normalized spacial score (nSPS) is 14.7. The number of hydrogen-bond acceptors (Lipinski definition) is 3. The molecule has 118 valence electrons. The lowest BCUT2D eigenvalue weighted by atomic mass is 10.1. The number of likely N-dealkylation sites (N-methyl/N-ethyl adjacent to an activating group) is 2. The monoisotopic (exact) mass is 302 g/mol. The molecule has 1 N–H and O–H groups in total. The van der Waals surface area contributed by atoms with Gasteiger partial charge in [-0.25, -0.2) is 4.39 Å². The van der Waals surface area contributed by atoms with Crippen LogP contribution in [0.4, 0.5) is 4.39 Å². The second-order valence-electron chi connectivity index (χ2n) is 6.04. The van der Waals surface area contributed by atoms with Crippen molar-refractivity contribution in [3.8, 4) is 11.3 Å². The van der Waals surface area contributed by atoms with E-state index < -0.39 is 0 Å². The highest BCUT2D eigenvalue weighted by Gasteiger charge is 2.28. The first kappa shape index (κ1) is 15.2. The summed E-state index contributed by atoms with van der Waals surface area (Å²) in [6, 6.07) is 7.25. The summed E-state index contributed by atoms with van der Waals surface area (Å²) in [6.07, 6.45) is 4.34. The van der Waals surface area contributed by atoms with Gasteiger partial charge in [0.25, 0.3) is 0 Å². The van der Waals surface area contributed by atoms with E-state index in [1.807, 2.05) is 25.4 Å². The molecule has 1 saturated carbocycles. The summed E-state index contributed by atoms with van der Waals surface area (Å²) >= 11 is 0. The molecule has 0 unspecified atom stereocenters. The molecule has 0 radical (unpaired) electrons. The predicted octanol–water partition coefficient (Wildman–Crippen LogP) is 2.68. The maximum absolute atomic E-state index is 13.2. The van der Waals surface area contributed by atoms with E-state index in [1.54, 1.807) is 0 Å². The molecular weight excluding hydrogens is 279 g/mol. The maximum Gasteiger partial charge on any atom is 0.123 e. The summed E-state index contributed by atoms with van der Waals surface area (Å²) in [5, 5.41) is 7.76. The molecule has 1 aromatic carbocycles. The van der Waals surface area contributed by atoms with Gasteiger partial charge in [0.05, 0.1) is 17.9 Å². The van der Waals surface area contributed by atoms with Gasteiger partial charge >= 0.3 is 0 Å². The van der Waals surface area contributed by atoms with E-state index in [0.717, 1.165) is 30.9 Å². The van der Waals surface area contributed by atoms with Crippen LogP contribution in [-0.2, 0) is 6.54 Å². The largest absolute Gasteiger partial charge is 0.318 e. The number of rotatable bonds is 7. The topological polar surface area (TPSA) is 33.1 Å². The molecule has 1 heterocycles. The first-order chi connectivity index (χ1) is 10.7. The van der Waals surface area contributed by atoms with Crippen molar-refractivity contribution in [1.29, 1.82) is 0 Å². The Balaban J connectivity index is 1.88. The number of nitrogens with one attached hydrogen (secondary N) is 1. The highest BCUT2D eigenvalue weighted by atomic mass is 19.1. The zero-order valence-corrected chi connectivity index (χ0v) is 13.2. The van der Waals surface area contributed by atoms with E-state index in [1.165, 1.54) is 30.5 Å². The van der Waals surface area contributed by atoms with E-state index in [-0.39, 0.29) is 5.82 Å². The van der Waals surface area contributed by atoms with Gasteiger partial charge in [-0.15, -0.1) is 0 Å². The molecule has 0 amide bonds. The van der Waals surface area contributed by atoms with Crippen LogP contribution in [0.2, 0.25) is 0 Å². The minimum atomic E-state index is -0.200. The van der Waals surface area contributed by atoms with Crippen LogP contribution >= 0.6 is 0 Å². The van der Waals surface area contributed by atoms with Gasteiger partial charge in [0, 0.05) is 30.8 Å². The van der Waals surface area contributed by atoms with Crippen LogP contribution in [0.1, 0.15) is 24.4 Å². The van der Waals surface area contributed by atoms with Crippen LogP contribution in [0.15, 0.2) is 30.5 Å². The lowest BCUT2D eigenvalue weighted by Crippen LogP contribution is -2.27. The molecule has 1 fully saturated rings. The molecule has 5 heteroatoms. The molecule has 22 heavy (non-hydrogen) atoms. The Morgan fingerprint density at radius 1 is 1.32 bits per heavy atom. The quantitative estimate of drug-likeness (QED) is 0.853. The van der Waals surface area contributed by atoms with Crippen LogP contribution in [0.25, 0.3) is 11.3 Å². The molecule has 1 aromatic heterocycles. The van der Waals surface area contributed by atoms with Crippen molar-refractivity contribution in [1.82, 2.24) is 20.0 Å². The molecule has 0 bridgehead atoms. The number of aromatic nitrogens is 2. The van der Waals surface area contributed by atoms with Gasteiger partial charge in [0.2, 0.25) is 0 Å². The molecule has 1 aliphatic carbocycles. The number of halogens is 1. The van der Waals surface area contributed by atoms with E-state index in [2.05, 4.69) is 27.0 Å². The van der Waals surface area contributed by atoms with Crippen LogP contribution in [0.5, 0.6) is 0 Å². The molecule has 0 aliphatic heterocycles.